The first kappa shape index (κ1) is 18.9. The molecule has 5 rings (SSSR count). The van der Waals surface area contributed by atoms with E-state index in [2.05, 4.69) is 4.98 Å². The van der Waals surface area contributed by atoms with Crippen molar-refractivity contribution in [3.05, 3.63) is 95.6 Å². The Morgan fingerprint density at radius 1 is 0.742 bits per heavy atom. The Labute approximate surface area is 179 Å². The number of ether oxygens (including phenoxy) is 1. The number of hydrogen-bond acceptors (Lipinski definition) is 4. The SMILES string of the molecule is CC(=O)c1cc(C)c(OC(=O)c2c3ccccc3nc3ccccc23)c2ccccc12. The Morgan fingerprint density at radius 3 is 1.84 bits per heavy atom. The van der Waals surface area contributed by atoms with Crippen molar-refractivity contribution in [1.82, 2.24) is 4.98 Å². The van der Waals surface area contributed by atoms with Crippen LogP contribution in [0.15, 0.2) is 78.9 Å². The largest absolute Gasteiger partial charge is 0.422 e. The maximum atomic E-state index is 13.5. The van der Waals surface area contributed by atoms with Crippen LogP contribution in [-0.4, -0.2) is 16.7 Å². The summed E-state index contributed by atoms with van der Waals surface area (Å²) in [6, 6.07) is 24.4. The highest BCUT2D eigenvalue weighted by Crippen LogP contribution is 2.34. The average molecular weight is 405 g/mol. The summed E-state index contributed by atoms with van der Waals surface area (Å²) in [5.74, 6) is -0.00231. The van der Waals surface area contributed by atoms with Crippen LogP contribution in [0.1, 0.15) is 33.2 Å². The van der Waals surface area contributed by atoms with Crippen molar-refractivity contribution in [2.24, 2.45) is 0 Å². The van der Waals surface area contributed by atoms with E-state index in [1.165, 1.54) is 0 Å². The third kappa shape index (κ3) is 3.13. The topological polar surface area (TPSA) is 56.3 Å². The van der Waals surface area contributed by atoms with Crippen molar-refractivity contribution in [2.45, 2.75) is 13.8 Å². The molecule has 0 aliphatic heterocycles. The second kappa shape index (κ2) is 7.33. The molecule has 0 saturated heterocycles. The van der Waals surface area contributed by atoms with Gasteiger partial charge in [-0.3, -0.25) is 4.79 Å². The van der Waals surface area contributed by atoms with E-state index in [9.17, 15) is 9.59 Å². The number of ketones is 1. The summed E-state index contributed by atoms with van der Waals surface area (Å²) in [5.41, 5.74) is 3.32. The molecule has 0 spiro atoms. The van der Waals surface area contributed by atoms with Gasteiger partial charge in [-0.1, -0.05) is 60.7 Å². The number of nitrogens with zero attached hydrogens (tertiary/aromatic N) is 1. The number of carbonyl (C=O) groups is 2. The fourth-order valence-electron chi connectivity index (χ4n) is 4.12. The molecule has 0 bridgehead atoms. The number of pyridine rings is 1. The Bertz CT molecular complexity index is 1460. The Hall–Kier alpha value is -4.05. The van der Waals surface area contributed by atoms with Crippen molar-refractivity contribution in [1.29, 1.82) is 0 Å². The standard InChI is InChI=1S/C27H19NO3/c1-16-15-22(17(2)29)18-9-3-4-10-19(18)26(16)31-27(30)25-20-11-5-7-13-23(20)28-24-14-8-6-12-21(24)25/h3-15H,1-2H3. The predicted molar refractivity (Wildman–Crippen MR) is 123 cm³/mol. The van der Waals surface area contributed by atoms with E-state index in [-0.39, 0.29) is 5.78 Å². The van der Waals surface area contributed by atoms with Crippen molar-refractivity contribution in [3.8, 4) is 5.75 Å². The molecule has 4 nitrogen and oxygen atoms in total. The zero-order chi connectivity index (χ0) is 21.5. The van der Waals surface area contributed by atoms with Gasteiger partial charge >= 0.3 is 5.97 Å². The number of rotatable bonds is 3. The van der Waals surface area contributed by atoms with Crippen LogP contribution >= 0.6 is 0 Å². The van der Waals surface area contributed by atoms with Crippen molar-refractivity contribution >= 4 is 44.3 Å². The molecule has 1 heterocycles. The molecule has 0 N–H and O–H groups in total. The number of Topliss-reactive ketones (excluding diaryl/α,β-unsaturated/α-hetero) is 1. The molecule has 4 heteroatoms. The van der Waals surface area contributed by atoms with Gasteiger partial charge in [0.1, 0.15) is 5.75 Å². The number of aromatic nitrogens is 1. The number of esters is 1. The van der Waals surface area contributed by atoms with E-state index in [0.29, 0.717) is 16.9 Å². The second-order valence-corrected chi connectivity index (χ2v) is 7.58. The summed E-state index contributed by atoms with van der Waals surface area (Å²) in [6.45, 7) is 3.40. The van der Waals surface area contributed by atoms with Gasteiger partial charge in [-0.25, -0.2) is 9.78 Å². The average Bonchev–Trinajstić information content (AvgIpc) is 2.78. The fraction of sp³-hybridized carbons (Fsp3) is 0.0741. The van der Waals surface area contributed by atoms with E-state index < -0.39 is 5.97 Å². The molecule has 0 saturated carbocycles. The first-order chi connectivity index (χ1) is 15.0. The molecule has 1 aromatic heterocycles. The molecular weight excluding hydrogens is 386 g/mol. The van der Waals surface area contributed by atoms with Crippen molar-refractivity contribution in [3.63, 3.8) is 0 Å². The lowest BCUT2D eigenvalue weighted by Crippen LogP contribution is -2.12. The highest BCUT2D eigenvalue weighted by Gasteiger charge is 2.21. The maximum absolute atomic E-state index is 13.5. The van der Waals surface area contributed by atoms with Crippen LogP contribution in [0.2, 0.25) is 0 Å². The van der Waals surface area contributed by atoms with Gasteiger partial charge in [0.15, 0.2) is 5.78 Å². The lowest BCUT2D eigenvalue weighted by atomic mass is 9.97. The molecule has 0 atom stereocenters. The Balaban J connectivity index is 1.72. The maximum Gasteiger partial charge on any atom is 0.344 e. The van der Waals surface area contributed by atoms with E-state index in [1.807, 2.05) is 79.7 Å². The minimum atomic E-state index is -0.446. The minimum Gasteiger partial charge on any atom is -0.422 e. The second-order valence-electron chi connectivity index (χ2n) is 7.58. The molecule has 4 aromatic carbocycles. The first-order valence-electron chi connectivity index (χ1n) is 10.1. The smallest absolute Gasteiger partial charge is 0.344 e. The van der Waals surface area contributed by atoms with Gasteiger partial charge in [0, 0.05) is 21.7 Å². The number of carbonyl (C=O) groups excluding carboxylic acids is 2. The van der Waals surface area contributed by atoms with E-state index in [4.69, 9.17) is 4.74 Å². The molecule has 0 aliphatic rings. The van der Waals surface area contributed by atoms with Crippen LogP contribution in [0.3, 0.4) is 0 Å². The summed E-state index contributed by atoms with van der Waals surface area (Å²) in [4.78, 5) is 30.4. The molecule has 0 amide bonds. The van der Waals surface area contributed by atoms with Crippen molar-refractivity contribution < 1.29 is 14.3 Å². The lowest BCUT2D eigenvalue weighted by Gasteiger charge is -2.15. The molecule has 0 aliphatic carbocycles. The molecular formula is C27H19NO3. The number of fused-ring (bicyclic) bond motifs is 3. The van der Waals surface area contributed by atoms with Gasteiger partial charge < -0.3 is 4.74 Å². The van der Waals surface area contributed by atoms with Crippen LogP contribution < -0.4 is 4.74 Å². The fourth-order valence-corrected chi connectivity index (χ4v) is 4.12. The molecule has 0 radical (unpaired) electrons. The summed E-state index contributed by atoms with van der Waals surface area (Å²) in [7, 11) is 0. The van der Waals surface area contributed by atoms with Crippen LogP contribution in [0.25, 0.3) is 32.6 Å². The number of hydrogen-bond donors (Lipinski definition) is 0. The van der Waals surface area contributed by atoms with E-state index in [1.54, 1.807) is 13.0 Å². The third-order valence-corrected chi connectivity index (χ3v) is 5.55. The molecule has 0 unspecified atom stereocenters. The number of aryl methyl sites for hydroxylation is 1. The van der Waals surface area contributed by atoms with Gasteiger partial charge in [0.05, 0.1) is 16.6 Å². The van der Waals surface area contributed by atoms with Gasteiger partial charge in [0.25, 0.3) is 0 Å². The van der Waals surface area contributed by atoms with Crippen LogP contribution in [0.4, 0.5) is 0 Å². The Morgan fingerprint density at radius 2 is 1.26 bits per heavy atom. The van der Waals surface area contributed by atoms with Crippen LogP contribution in [0, 0.1) is 6.92 Å². The number of benzene rings is 4. The summed E-state index contributed by atoms with van der Waals surface area (Å²) in [5, 5.41) is 3.00. The van der Waals surface area contributed by atoms with Crippen LogP contribution in [-0.2, 0) is 0 Å². The molecule has 31 heavy (non-hydrogen) atoms. The van der Waals surface area contributed by atoms with E-state index >= 15 is 0 Å². The van der Waals surface area contributed by atoms with Gasteiger partial charge in [0.2, 0.25) is 0 Å². The van der Waals surface area contributed by atoms with Gasteiger partial charge in [-0.2, -0.15) is 0 Å². The predicted octanol–water partition coefficient (Wildman–Crippen LogP) is 6.27. The highest BCUT2D eigenvalue weighted by molar-refractivity contribution is 6.16. The zero-order valence-corrected chi connectivity index (χ0v) is 17.2. The summed E-state index contributed by atoms with van der Waals surface area (Å²) < 4.78 is 6.02. The summed E-state index contributed by atoms with van der Waals surface area (Å²) >= 11 is 0. The molecule has 5 aromatic rings. The number of para-hydroxylation sites is 2. The Kier molecular flexibility index (Phi) is 4.48. The minimum absolute atomic E-state index is 0.0247. The third-order valence-electron chi connectivity index (χ3n) is 5.55. The normalized spacial score (nSPS) is 11.2. The van der Waals surface area contributed by atoms with Crippen molar-refractivity contribution in [2.75, 3.05) is 0 Å². The first-order valence-corrected chi connectivity index (χ1v) is 10.1. The van der Waals surface area contributed by atoms with Crippen LogP contribution in [0.5, 0.6) is 5.75 Å². The van der Waals surface area contributed by atoms with E-state index in [0.717, 1.165) is 38.1 Å². The highest BCUT2D eigenvalue weighted by atomic mass is 16.5. The summed E-state index contributed by atoms with van der Waals surface area (Å²) in [6.07, 6.45) is 0. The lowest BCUT2D eigenvalue weighted by molar-refractivity contribution is 0.0740. The van der Waals surface area contributed by atoms with Gasteiger partial charge in [-0.05, 0) is 43.0 Å². The molecule has 150 valence electrons. The zero-order valence-electron chi connectivity index (χ0n) is 17.2. The monoisotopic (exact) mass is 405 g/mol. The molecule has 0 fully saturated rings. The van der Waals surface area contributed by atoms with Gasteiger partial charge in [-0.15, -0.1) is 0 Å². The quantitative estimate of drug-likeness (QED) is 0.154.